The number of hydrogen-bond donors (Lipinski definition) is 0. The van der Waals surface area contributed by atoms with Crippen LogP contribution >= 0.6 is 0 Å². The van der Waals surface area contributed by atoms with Gasteiger partial charge in [0.15, 0.2) is 6.10 Å². The molecule has 5 nitrogen and oxygen atoms in total. The molecule has 202 valence electrons. The van der Waals surface area contributed by atoms with E-state index < -0.39 is 6.10 Å². The lowest BCUT2D eigenvalue weighted by atomic mass is 10.0. The predicted molar refractivity (Wildman–Crippen MR) is 141 cm³/mol. The number of hydrogen-bond acceptors (Lipinski definition) is 5. The Morgan fingerprint density at radius 2 is 0.912 bits per heavy atom. The molecule has 0 aromatic heterocycles. The zero-order chi connectivity index (χ0) is 25.1. The van der Waals surface area contributed by atoms with Crippen LogP contribution in [0.2, 0.25) is 0 Å². The summed E-state index contributed by atoms with van der Waals surface area (Å²) in [6, 6.07) is 0. The van der Waals surface area contributed by atoms with E-state index in [0.717, 1.165) is 38.5 Å². The van der Waals surface area contributed by atoms with Crippen molar-refractivity contribution in [3.63, 3.8) is 0 Å². The highest BCUT2D eigenvalue weighted by Gasteiger charge is 2.16. The van der Waals surface area contributed by atoms with E-state index in [0.29, 0.717) is 12.8 Å². The lowest BCUT2D eigenvalue weighted by Crippen LogP contribution is -2.29. The molecule has 0 aliphatic heterocycles. The number of rotatable bonds is 26. The van der Waals surface area contributed by atoms with Gasteiger partial charge in [-0.3, -0.25) is 9.59 Å². The van der Waals surface area contributed by atoms with Gasteiger partial charge in [0.25, 0.3) is 0 Å². The third-order valence-electron chi connectivity index (χ3n) is 6.30. The summed E-state index contributed by atoms with van der Waals surface area (Å²) in [5.41, 5.74) is 0. The Balaban J connectivity index is 3.57. The molecule has 0 bridgehead atoms. The largest absolute Gasteiger partial charge is 0.462 e. The van der Waals surface area contributed by atoms with Crippen LogP contribution in [-0.2, 0) is 23.8 Å². The van der Waals surface area contributed by atoms with Gasteiger partial charge < -0.3 is 14.2 Å². The van der Waals surface area contributed by atoms with Gasteiger partial charge in [-0.25, -0.2) is 0 Å². The van der Waals surface area contributed by atoms with E-state index in [1.54, 1.807) is 7.11 Å². The van der Waals surface area contributed by atoms with Crippen molar-refractivity contribution < 1.29 is 23.8 Å². The second-order valence-corrected chi connectivity index (χ2v) is 9.76. The first-order valence-corrected chi connectivity index (χ1v) is 14.5. The van der Waals surface area contributed by atoms with Crippen molar-refractivity contribution in [2.75, 3.05) is 20.3 Å². The van der Waals surface area contributed by atoms with Crippen molar-refractivity contribution in [1.29, 1.82) is 0 Å². The fraction of sp³-hybridized carbons (Fsp3) is 0.931. The Morgan fingerprint density at radius 1 is 0.529 bits per heavy atom. The molecule has 0 saturated heterocycles. The summed E-state index contributed by atoms with van der Waals surface area (Å²) in [5, 5.41) is 0. The molecule has 5 heteroatoms. The highest BCUT2D eigenvalue weighted by molar-refractivity contribution is 5.70. The quantitative estimate of drug-likeness (QED) is 0.0912. The molecule has 0 aromatic rings. The van der Waals surface area contributed by atoms with Crippen LogP contribution in [0.4, 0.5) is 0 Å². The SMILES string of the molecule is CCCCCCCCCCCCCCCCCC(=O)OC[C@H](COC)OC(=O)CCCCCC. The molecule has 0 N–H and O–H groups in total. The summed E-state index contributed by atoms with van der Waals surface area (Å²) in [7, 11) is 1.56. The molecule has 0 fully saturated rings. The van der Waals surface area contributed by atoms with Crippen LogP contribution in [0.3, 0.4) is 0 Å². The molecule has 0 rings (SSSR count). The van der Waals surface area contributed by atoms with E-state index in [9.17, 15) is 9.59 Å². The monoisotopic (exact) mass is 484 g/mol. The molecule has 0 aromatic carbocycles. The zero-order valence-electron chi connectivity index (χ0n) is 22.9. The summed E-state index contributed by atoms with van der Waals surface area (Å²) in [5.74, 6) is -0.452. The molecule has 0 heterocycles. The number of ether oxygens (including phenoxy) is 3. The standard InChI is InChI=1S/C29H56O5/c1-4-6-8-10-11-12-13-14-15-16-17-18-19-20-22-23-28(30)33-26-27(25-32-3)34-29(31)24-21-9-7-5-2/h27H,4-26H2,1-3H3/t27-/m0/s1. The van der Waals surface area contributed by atoms with Crippen LogP contribution in [0, 0.1) is 0 Å². The molecule has 1 atom stereocenters. The second kappa shape index (κ2) is 26.5. The fourth-order valence-electron chi connectivity index (χ4n) is 4.14. The Kier molecular flexibility index (Phi) is 25.6. The topological polar surface area (TPSA) is 61.8 Å². The maximum absolute atomic E-state index is 12.0. The minimum absolute atomic E-state index is 0.0755. The van der Waals surface area contributed by atoms with Crippen LogP contribution in [-0.4, -0.2) is 38.4 Å². The van der Waals surface area contributed by atoms with Crippen molar-refractivity contribution in [1.82, 2.24) is 0 Å². The molecule has 0 aliphatic carbocycles. The third kappa shape index (κ3) is 24.0. The number of carbonyl (C=O) groups excluding carboxylic acids is 2. The van der Waals surface area contributed by atoms with Gasteiger partial charge in [-0.1, -0.05) is 123 Å². The second-order valence-electron chi connectivity index (χ2n) is 9.76. The Bertz CT molecular complexity index is 452. The van der Waals surface area contributed by atoms with Crippen molar-refractivity contribution >= 4 is 11.9 Å². The van der Waals surface area contributed by atoms with E-state index >= 15 is 0 Å². The van der Waals surface area contributed by atoms with Gasteiger partial charge >= 0.3 is 11.9 Å². The molecular weight excluding hydrogens is 428 g/mol. The van der Waals surface area contributed by atoms with Gasteiger partial charge in [0.05, 0.1) is 6.61 Å². The van der Waals surface area contributed by atoms with Gasteiger partial charge in [-0.15, -0.1) is 0 Å². The lowest BCUT2D eigenvalue weighted by Gasteiger charge is -2.17. The maximum Gasteiger partial charge on any atom is 0.306 e. The van der Waals surface area contributed by atoms with Crippen molar-refractivity contribution in [3.8, 4) is 0 Å². The van der Waals surface area contributed by atoms with E-state index in [1.807, 2.05) is 0 Å². The summed E-state index contributed by atoms with van der Waals surface area (Å²) >= 11 is 0. The van der Waals surface area contributed by atoms with E-state index in [2.05, 4.69) is 13.8 Å². The first kappa shape index (κ1) is 32.9. The average Bonchev–Trinajstić information content (AvgIpc) is 2.83. The molecular formula is C29H56O5. The minimum Gasteiger partial charge on any atom is -0.462 e. The fourth-order valence-corrected chi connectivity index (χ4v) is 4.14. The number of esters is 2. The summed E-state index contributed by atoms with van der Waals surface area (Å²) < 4.78 is 15.8. The van der Waals surface area contributed by atoms with E-state index in [-0.39, 0.29) is 25.2 Å². The maximum atomic E-state index is 12.0. The highest BCUT2D eigenvalue weighted by atomic mass is 16.6. The van der Waals surface area contributed by atoms with Crippen LogP contribution in [0.15, 0.2) is 0 Å². The minimum atomic E-state index is -0.520. The van der Waals surface area contributed by atoms with Crippen LogP contribution < -0.4 is 0 Å². The number of carbonyl (C=O) groups is 2. The van der Waals surface area contributed by atoms with Crippen molar-refractivity contribution in [2.24, 2.45) is 0 Å². The van der Waals surface area contributed by atoms with Crippen LogP contribution in [0.5, 0.6) is 0 Å². The Labute approximate surface area is 211 Å². The molecule has 0 spiro atoms. The lowest BCUT2D eigenvalue weighted by molar-refractivity contribution is -0.162. The summed E-state index contributed by atoms with van der Waals surface area (Å²) in [6.45, 7) is 4.73. The van der Waals surface area contributed by atoms with Crippen LogP contribution in [0.1, 0.15) is 149 Å². The van der Waals surface area contributed by atoms with Gasteiger partial charge in [0.2, 0.25) is 0 Å². The number of methoxy groups -OCH3 is 1. The highest BCUT2D eigenvalue weighted by Crippen LogP contribution is 2.14. The van der Waals surface area contributed by atoms with Crippen molar-refractivity contribution in [2.45, 2.75) is 155 Å². The van der Waals surface area contributed by atoms with Gasteiger partial charge in [-0.2, -0.15) is 0 Å². The van der Waals surface area contributed by atoms with E-state index in [4.69, 9.17) is 14.2 Å². The van der Waals surface area contributed by atoms with Gasteiger partial charge in [-0.05, 0) is 12.8 Å². The smallest absolute Gasteiger partial charge is 0.306 e. The summed E-state index contributed by atoms with van der Waals surface area (Å²) in [4.78, 5) is 24.0. The van der Waals surface area contributed by atoms with Crippen molar-refractivity contribution in [3.05, 3.63) is 0 Å². The first-order valence-electron chi connectivity index (χ1n) is 14.5. The predicted octanol–water partition coefficient (Wildman–Crippen LogP) is 8.32. The summed E-state index contributed by atoms with van der Waals surface area (Å²) in [6.07, 6.45) is 24.0. The Hall–Kier alpha value is -1.10. The average molecular weight is 485 g/mol. The number of unbranched alkanes of at least 4 members (excludes halogenated alkanes) is 17. The molecule has 0 unspecified atom stereocenters. The van der Waals surface area contributed by atoms with E-state index in [1.165, 1.54) is 83.5 Å². The molecule has 0 aliphatic rings. The Morgan fingerprint density at radius 3 is 1.35 bits per heavy atom. The first-order chi connectivity index (χ1) is 16.6. The third-order valence-corrected chi connectivity index (χ3v) is 6.30. The molecule has 34 heavy (non-hydrogen) atoms. The van der Waals surface area contributed by atoms with Crippen LogP contribution in [0.25, 0.3) is 0 Å². The normalized spacial score (nSPS) is 12.0. The zero-order valence-corrected chi connectivity index (χ0v) is 22.9. The van der Waals surface area contributed by atoms with Gasteiger partial charge in [0.1, 0.15) is 6.61 Å². The molecule has 0 saturated carbocycles. The molecule has 0 amide bonds. The van der Waals surface area contributed by atoms with Gasteiger partial charge in [0, 0.05) is 20.0 Å². The molecule has 0 radical (unpaired) electrons.